The first kappa shape index (κ1) is 13.6. The van der Waals surface area contributed by atoms with E-state index in [1.165, 1.54) is 0 Å². The van der Waals surface area contributed by atoms with Gasteiger partial charge in [-0.1, -0.05) is 0 Å². The van der Waals surface area contributed by atoms with Gasteiger partial charge >= 0.3 is 5.97 Å². The molecule has 0 aliphatic carbocycles. The SMILES string of the molecule is CN(C)c1ccc(C(=O)Oc2ccc(C#N)cc2)cc1. The minimum Gasteiger partial charge on any atom is -0.423 e. The van der Waals surface area contributed by atoms with Gasteiger partial charge in [0.15, 0.2) is 0 Å². The zero-order chi connectivity index (χ0) is 14.5. The Hall–Kier alpha value is -2.80. The van der Waals surface area contributed by atoms with Crippen molar-refractivity contribution in [3.05, 3.63) is 59.7 Å². The zero-order valence-corrected chi connectivity index (χ0v) is 11.3. The Labute approximate surface area is 117 Å². The van der Waals surface area contributed by atoms with Crippen LogP contribution in [0.3, 0.4) is 0 Å². The molecule has 0 N–H and O–H groups in total. The van der Waals surface area contributed by atoms with Gasteiger partial charge in [0, 0.05) is 19.8 Å². The molecule has 20 heavy (non-hydrogen) atoms. The van der Waals surface area contributed by atoms with Crippen LogP contribution in [-0.4, -0.2) is 20.1 Å². The van der Waals surface area contributed by atoms with Crippen molar-refractivity contribution < 1.29 is 9.53 Å². The maximum absolute atomic E-state index is 11.9. The van der Waals surface area contributed by atoms with Crippen molar-refractivity contribution in [2.75, 3.05) is 19.0 Å². The lowest BCUT2D eigenvalue weighted by Crippen LogP contribution is -2.11. The Balaban J connectivity index is 2.09. The van der Waals surface area contributed by atoms with Crippen molar-refractivity contribution in [3.63, 3.8) is 0 Å². The number of carbonyl (C=O) groups is 1. The van der Waals surface area contributed by atoms with Crippen molar-refractivity contribution in [1.29, 1.82) is 5.26 Å². The topological polar surface area (TPSA) is 53.3 Å². The maximum atomic E-state index is 11.9. The molecule has 0 saturated heterocycles. The predicted molar refractivity (Wildman–Crippen MR) is 76.9 cm³/mol. The van der Waals surface area contributed by atoms with Gasteiger partial charge in [-0.15, -0.1) is 0 Å². The molecule has 0 saturated carbocycles. The van der Waals surface area contributed by atoms with Crippen molar-refractivity contribution in [3.8, 4) is 11.8 Å². The minimum absolute atomic E-state index is 0.417. The quantitative estimate of drug-likeness (QED) is 0.633. The lowest BCUT2D eigenvalue weighted by Gasteiger charge is -2.12. The van der Waals surface area contributed by atoms with Crippen LogP contribution in [-0.2, 0) is 0 Å². The number of nitrogens with zero attached hydrogens (tertiary/aromatic N) is 2. The second-order valence-electron chi connectivity index (χ2n) is 4.47. The van der Waals surface area contributed by atoms with Crippen molar-refractivity contribution >= 4 is 11.7 Å². The molecule has 0 bridgehead atoms. The average Bonchev–Trinajstić information content (AvgIpc) is 2.48. The highest BCUT2D eigenvalue weighted by Crippen LogP contribution is 2.16. The largest absolute Gasteiger partial charge is 0.423 e. The van der Waals surface area contributed by atoms with Crippen molar-refractivity contribution in [1.82, 2.24) is 0 Å². The van der Waals surface area contributed by atoms with E-state index in [0.29, 0.717) is 16.9 Å². The fourth-order valence-electron chi connectivity index (χ4n) is 1.66. The van der Waals surface area contributed by atoms with Crippen LogP contribution in [0.25, 0.3) is 0 Å². The number of esters is 1. The first-order chi connectivity index (χ1) is 9.60. The first-order valence-electron chi connectivity index (χ1n) is 6.10. The van der Waals surface area contributed by atoms with Crippen molar-refractivity contribution in [2.45, 2.75) is 0 Å². The summed E-state index contributed by atoms with van der Waals surface area (Å²) in [4.78, 5) is 13.9. The third-order valence-corrected chi connectivity index (χ3v) is 2.81. The van der Waals surface area contributed by atoms with Gasteiger partial charge in [-0.05, 0) is 48.5 Å². The lowest BCUT2D eigenvalue weighted by atomic mass is 10.2. The van der Waals surface area contributed by atoms with Crippen molar-refractivity contribution in [2.24, 2.45) is 0 Å². The van der Waals surface area contributed by atoms with E-state index in [4.69, 9.17) is 10.00 Å². The number of anilines is 1. The van der Waals surface area contributed by atoms with Crippen LogP contribution in [0.2, 0.25) is 0 Å². The molecule has 2 rings (SSSR count). The Kier molecular flexibility index (Phi) is 4.02. The zero-order valence-electron chi connectivity index (χ0n) is 11.3. The molecule has 0 aliphatic rings. The average molecular weight is 266 g/mol. The van der Waals surface area contributed by atoms with E-state index in [1.807, 2.05) is 37.2 Å². The highest BCUT2D eigenvalue weighted by Gasteiger charge is 2.08. The highest BCUT2D eigenvalue weighted by atomic mass is 16.5. The van der Waals surface area contributed by atoms with E-state index >= 15 is 0 Å². The van der Waals surface area contributed by atoms with E-state index in [2.05, 4.69) is 0 Å². The van der Waals surface area contributed by atoms with Gasteiger partial charge in [-0.2, -0.15) is 5.26 Å². The Bertz CT molecular complexity index is 638. The molecule has 0 amide bonds. The minimum atomic E-state index is -0.417. The smallest absolute Gasteiger partial charge is 0.343 e. The van der Waals surface area contributed by atoms with E-state index in [-0.39, 0.29) is 0 Å². The summed E-state index contributed by atoms with van der Waals surface area (Å²) in [6, 6.07) is 15.6. The fourth-order valence-corrected chi connectivity index (χ4v) is 1.66. The monoisotopic (exact) mass is 266 g/mol. The Morgan fingerprint density at radius 1 is 1.05 bits per heavy atom. The summed E-state index contributed by atoms with van der Waals surface area (Å²) >= 11 is 0. The summed E-state index contributed by atoms with van der Waals surface area (Å²) in [5.74, 6) is 0.00528. The normalized spacial score (nSPS) is 9.65. The predicted octanol–water partition coefficient (Wildman–Crippen LogP) is 2.84. The second-order valence-corrected chi connectivity index (χ2v) is 4.47. The number of carbonyl (C=O) groups excluding carboxylic acids is 1. The van der Waals surface area contributed by atoms with Gasteiger partial charge in [0.05, 0.1) is 17.2 Å². The second kappa shape index (κ2) is 5.89. The number of nitriles is 1. The third kappa shape index (κ3) is 3.15. The van der Waals surface area contributed by atoms with Crippen LogP contribution < -0.4 is 9.64 Å². The molecule has 2 aromatic rings. The highest BCUT2D eigenvalue weighted by molar-refractivity contribution is 5.91. The van der Waals surface area contributed by atoms with Gasteiger partial charge in [-0.3, -0.25) is 0 Å². The number of ether oxygens (including phenoxy) is 1. The maximum Gasteiger partial charge on any atom is 0.343 e. The molecular weight excluding hydrogens is 252 g/mol. The van der Waals surface area contributed by atoms with Gasteiger partial charge in [-0.25, -0.2) is 4.79 Å². The molecule has 4 heteroatoms. The molecule has 0 aromatic heterocycles. The molecule has 0 fully saturated rings. The van der Waals surface area contributed by atoms with Crippen LogP contribution >= 0.6 is 0 Å². The molecule has 0 heterocycles. The molecule has 0 aliphatic heterocycles. The molecule has 0 spiro atoms. The summed E-state index contributed by atoms with van der Waals surface area (Å²) in [7, 11) is 3.87. The van der Waals surface area contributed by atoms with Gasteiger partial charge < -0.3 is 9.64 Å². The summed E-state index contributed by atoms with van der Waals surface area (Å²) in [5, 5.41) is 8.70. The summed E-state index contributed by atoms with van der Waals surface area (Å²) in [6.07, 6.45) is 0. The van der Waals surface area contributed by atoms with Gasteiger partial charge in [0.25, 0.3) is 0 Å². The number of hydrogen-bond acceptors (Lipinski definition) is 4. The molecule has 0 atom stereocenters. The summed E-state index contributed by atoms with van der Waals surface area (Å²) < 4.78 is 5.24. The van der Waals surface area contributed by atoms with Crippen LogP contribution in [0, 0.1) is 11.3 Å². The molecule has 0 unspecified atom stereocenters. The number of rotatable bonds is 3. The van der Waals surface area contributed by atoms with E-state index in [1.54, 1.807) is 36.4 Å². The lowest BCUT2D eigenvalue weighted by molar-refractivity contribution is 0.0735. The van der Waals surface area contributed by atoms with Gasteiger partial charge in [0.2, 0.25) is 0 Å². The van der Waals surface area contributed by atoms with E-state index < -0.39 is 5.97 Å². The molecule has 2 aromatic carbocycles. The van der Waals surface area contributed by atoms with Crippen LogP contribution in [0.4, 0.5) is 5.69 Å². The van der Waals surface area contributed by atoms with E-state index in [0.717, 1.165) is 5.69 Å². The summed E-state index contributed by atoms with van der Waals surface area (Å²) in [5.41, 5.74) is 2.03. The van der Waals surface area contributed by atoms with E-state index in [9.17, 15) is 4.79 Å². The Morgan fingerprint density at radius 3 is 2.15 bits per heavy atom. The third-order valence-electron chi connectivity index (χ3n) is 2.81. The summed E-state index contributed by atoms with van der Waals surface area (Å²) in [6.45, 7) is 0. The fraction of sp³-hybridized carbons (Fsp3) is 0.125. The number of hydrogen-bond donors (Lipinski definition) is 0. The van der Waals surface area contributed by atoms with Crippen LogP contribution in [0.5, 0.6) is 5.75 Å². The molecule has 0 radical (unpaired) electrons. The van der Waals surface area contributed by atoms with Crippen LogP contribution in [0.1, 0.15) is 15.9 Å². The first-order valence-corrected chi connectivity index (χ1v) is 6.10. The van der Waals surface area contributed by atoms with Gasteiger partial charge in [0.1, 0.15) is 5.75 Å². The molecule has 100 valence electrons. The Morgan fingerprint density at radius 2 is 1.65 bits per heavy atom. The molecular formula is C16H14N2O2. The van der Waals surface area contributed by atoms with Crippen LogP contribution in [0.15, 0.2) is 48.5 Å². The molecule has 4 nitrogen and oxygen atoms in total. The number of benzene rings is 2. The standard InChI is InChI=1S/C16H14N2O2/c1-18(2)14-7-5-13(6-8-14)16(19)20-15-9-3-12(11-17)4-10-15/h3-10H,1-2H3.